The molecule has 0 aliphatic rings. The van der Waals surface area contributed by atoms with Gasteiger partial charge >= 0.3 is 6.18 Å². The van der Waals surface area contributed by atoms with Crippen LogP contribution in [0, 0.1) is 0 Å². The van der Waals surface area contributed by atoms with Crippen LogP contribution in [0.2, 0.25) is 0 Å². The lowest BCUT2D eigenvalue weighted by molar-refractivity contribution is -0.141. The number of imidazole rings is 1. The molecular formula is C13H14F3N3O2. The minimum Gasteiger partial charge on any atom is -0.383 e. The summed E-state index contributed by atoms with van der Waals surface area (Å²) in [5, 5.41) is 2.46. The molecule has 0 radical (unpaired) electrons. The number of ether oxygens (including phenoxy) is 1. The largest absolute Gasteiger partial charge is 0.435 e. The molecule has 1 amide bonds. The summed E-state index contributed by atoms with van der Waals surface area (Å²) in [6.07, 6.45) is -3.34. The number of methoxy groups -OCH3 is 1. The average molecular weight is 301 g/mol. The van der Waals surface area contributed by atoms with E-state index < -0.39 is 29.5 Å². The Hall–Kier alpha value is -2.09. The number of rotatable bonds is 4. The summed E-state index contributed by atoms with van der Waals surface area (Å²) in [6, 6.07) is 4.07. The highest BCUT2D eigenvalue weighted by molar-refractivity contribution is 5.95. The van der Waals surface area contributed by atoms with Crippen LogP contribution < -0.4 is 5.32 Å². The van der Waals surface area contributed by atoms with Crippen LogP contribution in [0.4, 0.5) is 13.2 Å². The summed E-state index contributed by atoms with van der Waals surface area (Å²) in [6.45, 7) is 1.84. The average Bonchev–Trinajstić information content (AvgIpc) is 2.78. The van der Waals surface area contributed by atoms with Crippen molar-refractivity contribution in [3.05, 3.63) is 35.8 Å². The molecule has 21 heavy (non-hydrogen) atoms. The topological polar surface area (TPSA) is 55.6 Å². The summed E-state index contributed by atoms with van der Waals surface area (Å²) in [4.78, 5) is 15.6. The predicted octanol–water partition coefficient (Wildman–Crippen LogP) is 2.12. The zero-order valence-corrected chi connectivity index (χ0v) is 11.4. The van der Waals surface area contributed by atoms with Crippen molar-refractivity contribution in [2.45, 2.75) is 19.1 Å². The Bertz CT molecular complexity index is 652. The van der Waals surface area contributed by atoms with E-state index in [2.05, 4.69) is 10.3 Å². The quantitative estimate of drug-likeness (QED) is 0.941. The van der Waals surface area contributed by atoms with Gasteiger partial charge in [-0.3, -0.25) is 9.20 Å². The van der Waals surface area contributed by atoms with Crippen molar-refractivity contribution in [1.29, 1.82) is 0 Å². The molecule has 1 N–H and O–H groups in total. The third-order valence-corrected chi connectivity index (χ3v) is 2.81. The molecule has 1 atom stereocenters. The van der Waals surface area contributed by atoms with E-state index in [1.165, 1.54) is 25.4 Å². The minimum absolute atomic E-state index is 0.0642. The van der Waals surface area contributed by atoms with E-state index in [1.807, 2.05) is 0 Å². The van der Waals surface area contributed by atoms with Gasteiger partial charge in [-0.25, -0.2) is 4.98 Å². The third kappa shape index (κ3) is 3.15. The Morgan fingerprint density at radius 3 is 2.81 bits per heavy atom. The van der Waals surface area contributed by atoms with Crippen molar-refractivity contribution >= 4 is 11.6 Å². The summed E-state index contributed by atoms with van der Waals surface area (Å²) in [5.74, 6) is -0.842. The van der Waals surface area contributed by atoms with Gasteiger partial charge < -0.3 is 10.1 Å². The molecule has 0 aliphatic carbocycles. The monoisotopic (exact) mass is 301 g/mol. The van der Waals surface area contributed by atoms with Crippen molar-refractivity contribution in [2.75, 3.05) is 13.7 Å². The van der Waals surface area contributed by atoms with E-state index >= 15 is 0 Å². The van der Waals surface area contributed by atoms with Crippen molar-refractivity contribution in [3.63, 3.8) is 0 Å². The minimum atomic E-state index is -4.71. The van der Waals surface area contributed by atoms with Crippen molar-refractivity contribution in [1.82, 2.24) is 14.7 Å². The van der Waals surface area contributed by atoms with Gasteiger partial charge in [-0.1, -0.05) is 6.07 Å². The standard InChI is InChI=1S/C13H14F3N3O2/c1-8(7-21-2)17-12(20)10-11(13(14,15)16)18-9-5-3-4-6-19(9)10/h3-6,8H,7H2,1-2H3,(H,17,20). The highest BCUT2D eigenvalue weighted by atomic mass is 19.4. The van der Waals surface area contributed by atoms with E-state index in [-0.39, 0.29) is 12.3 Å². The van der Waals surface area contributed by atoms with Crippen molar-refractivity contribution in [3.8, 4) is 0 Å². The first-order valence-electron chi connectivity index (χ1n) is 6.18. The number of hydrogen-bond acceptors (Lipinski definition) is 3. The van der Waals surface area contributed by atoms with Gasteiger partial charge in [0.1, 0.15) is 11.3 Å². The second-order valence-electron chi connectivity index (χ2n) is 4.57. The lowest BCUT2D eigenvalue weighted by Gasteiger charge is -2.14. The maximum Gasteiger partial charge on any atom is 0.435 e. The van der Waals surface area contributed by atoms with Gasteiger partial charge in [0.15, 0.2) is 5.69 Å². The third-order valence-electron chi connectivity index (χ3n) is 2.81. The Balaban J connectivity index is 2.47. The number of nitrogens with zero attached hydrogens (tertiary/aromatic N) is 2. The number of alkyl halides is 3. The molecule has 1 unspecified atom stereocenters. The van der Waals surface area contributed by atoms with Crippen molar-refractivity contribution < 1.29 is 22.7 Å². The summed E-state index contributed by atoms with van der Waals surface area (Å²) in [5.41, 5.74) is -1.66. The highest BCUT2D eigenvalue weighted by Crippen LogP contribution is 2.31. The number of halogens is 3. The van der Waals surface area contributed by atoms with Crippen LogP contribution in [0.3, 0.4) is 0 Å². The normalized spacial score (nSPS) is 13.4. The van der Waals surface area contributed by atoms with E-state index in [0.29, 0.717) is 0 Å². The maximum absolute atomic E-state index is 13.1. The second kappa shape index (κ2) is 5.72. The molecule has 0 fully saturated rings. The van der Waals surface area contributed by atoms with E-state index in [4.69, 9.17) is 4.74 Å². The van der Waals surface area contributed by atoms with Crippen LogP contribution in [-0.4, -0.2) is 35.1 Å². The van der Waals surface area contributed by atoms with Gasteiger partial charge in [0.25, 0.3) is 5.91 Å². The van der Waals surface area contributed by atoms with Crippen LogP contribution in [0.5, 0.6) is 0 Å². The molecule has 0 aromatic carbocycles. The second-order valence-corrected chi connectivity index (χ2v) is 4.57. The number of carbonyl (C=O) groups excluding carboxylic acids is 1. The number of aromatic nitrogens is 2. The van der Waals surface area contributed by atoms with Crippen LogP contribution in [0.15, 0.2) is 24.4 Å². The SMILES string of the molecule is COCC(C)NC(=O)c1c(C(F)(F)F)nc2ccccn12. The number of hydrogen-bond donors (Lipinski definition) is 1. The molecule has 2 heterocycles. The zero-order valence-electron chi connectivity index (χ0n) is 11.4. The van der Waals surface area contributed by atoms with Crippen LogP contribution in [-0.2, 0) is 10.9 Å². The molecule has 114 valence electrons. The van der Waals surface area contributed by atoms with E-state index in [0.717, 1.165) is 4.40 Å². The smallest absolute Gasteiger partial charge is 0.383 e. The number of fused-ring (bicyclic) bond motifs is 1. The number of carbonyl (C=O) groups is 1. The first kappa shape index (κ1) is 15.3. The molecule has 0 saturated carbocycles. The summed E-state index contributed by atoms with van der Waals surface area (Å²) < 4.78 is 45.1. The number of nitrogens with one attached hydrogen (secondary N) is 1. The predicted molar refractivity (Wildman–Crippen MR) is 69.0 cm³/mol. The highest BCUT2D eigenvalue weighted by Gasteiger charge is 2.40. The first-order chi connectivity index (χ1) is 9.84. The van der Waals surface area contributed by atoms with Gasteiger partial charge in [-0.2, -0.15) is 13.2 Å². The van der Waals surface area contributed by atoms with Crippen molar-refractivity contribution in [2.24, 2.45) is 0 Å². The van der Waals surface area contributed by atoms with E-state index in [9.17, 15) is 18.0 Å². The first-order valence-corrected chi connectivity index (χ1v) is 6.18. The Kier molecular flexibility index (Phi) is 4.17. The molecule has 2 aromatic rings. The van der Waals surface area contributed by atoms with Crippen LogP contribution in [0.1, 0.15) is 23.1 Å². The molecule has 0 bridgehead atoms. The summed E-state index contributed by atoms with van der Waals surface area (Å²) in [7, 11) is 1.44. The van der Waals surface area contributed by atoms with Crippen LogP contribution >= 0.6 is 0 Å². The summed E-state index contributed by atoms with van der Waals surface area (Å²) >= 11 is 0. The molecule has 5 nitrogen and oxygen atoms in total. The Morgan fingerprint density at radius 2 is 2.19 bits per heavy atom. The van der Waals surface area contributed by atoms with Gasteiger partial charge in [0.2, 0.25) is 0 Å². The number of pyridine rings is 1. The number of amides is 1. The Labute approximate surface area is 118 Å². The fourth-order valence-corrected chi connectivity index (χ4v) is 1.99. The molecule has 0 spiro atoms. The fraction of sp³-hybridized carbons (Fsp3) is 0.385. The molecule has 2 aromatic heterocycles. The lowest BCUT2D eigenvalue weighted by atomic mass is 10.2. The molecular weight excluding hydrogens is 287 g/mol. The molecule has 8 heteroatoms. The van der Waals surface area contributed by atoms with Gasteiger partial charge in [-0.15, -0.1) is 0 Å². The van der Waals surface area contributed by atoms with Gasteiger partial charge in [0, 0.05) is 19.3 Å². The molecule has 0 saturated heterocycles. The maximum atomic E-state index is 13.1. The molecule has 2 rings (SSSR count). The van der Waals surface area contributed by atoms with Gasteiger partial charge in [0.05, 0.1) is 6.61 Å². The van der Waals surface area contributed by atoms with Crippen LogP contribution in [0.25, 0.3) is 5.65 Å². The van der Waals surface area contributed by atoms with Gasteiger partial charge in [-0.05, 0) is 19.1 Å². The fourth-order valence-electron chi connectivity index (χ4n) is 1.99. The lowest BCUT2D eigenvalue weighted by Crippen LogP contribution is -2.37. The van der Waals surface area contributed by atoms with E-state index in [1.54, 1.807) is 13.0 Å². The zero-order chi connectivity index (χ0) is 15.6. The molecule has 0 aliphatic heterocycles. The Morgan fingerprint density at radius 1 is 1.48 bits per heavy atom.